The number of benzene rings is 1. The second-order valence-electron chi connectivity index (χ2n) is 6.00. The number of anilines is 1. The van der Waals surface area contributed by atoms with E-state index in [9.17, 15) is 4.79 Å². The number of nitrogen functional groups attached to an aromatic ring is 1. The van der Waals surface area contributed by atoms with Gasteiger partial charge in [-0.3, -0.25) is 0 Å². The number of nitrogens with zero attached hydrogens (tertiary/aromatic N) is 1. The predicted molar refractivity (Wildman–Crippen MR) is 82.9 cm³/mol. The highest BCUT2D eigenvalue weighted by Gasteiger charge is 2.13. The van der Waals surface area contributed by atoms with Crippen molar-refractivity contribution in [2.75, 3.05) is 5.73 Å². The molecule has 0 saturated heterocycles. The fraction of sp³-hybridized carbons (Fsp3) is 0.294. The zero-order valence-corrected chi connectivity index (χ0v) is 12.6. The number of hydrogen-bond donors (Lipinski definition) is 1. The fourth-order valence-electron chi connectivity index (χ4n) is 1.85. The molecule has 0 spiro atoms. The van der Waals surface area contributed by atoms with Gasteiger partial charge >= 0.3 is 5.97 Å². The minimum absolute atomic E-state index is 0.114. The third-order valence-corrected chi connectivity index (χ3v) is 3.19. The normalized spacial score (nSPS) is 11.2. The Kier molecular flexibility index (Phi) is 4.26. The van der Waals surface area contributed by atoms with Crippen molar-refractivity contribution in [1.82, 2.24) is 4.98 Å². The summed E-state index contributed by atoms with van der Waals surface area (Å²) in [6.45, 7) is 6.72. The molecule has 110 valence electrons. The average Bonchev–Trinajstić information content (AvgIpc) is 2.45. The van der Waals surface area contributed by atoms with Crippen LogP contribution in [-0.4, -0.2) is 11.0 Å². The summed E-state index contributed by atoms with van der Waals surface area (Å²) in [5, 5.41) is 0. The van der Waals surface area contributed by atoms with E-state index in [1.807, 2.05) is 12.1 Å². The van der Waals surface area contributed by atoms with Crippen molar-refractivity contribution in [3.05, 3.63) is 59.4 Å². The Morgan fingerprint density at radius 2 is 1.81 bits per heavy atom. The summed E-state index contributed by atoms with van der Waals surface area (Å²) in [4.78, 5) is 15.8. The van der Waals surface area contributed by atoms with E-state index in [-0.39, 0.29) is 17.7 Å². The molecule has 0 amide bonds. The summed E-state index contributed by atoms with van der Waals surface area (Å²) in [7, 11) is 0. The summed E-state index contributed by atoms with van der Waals surface area (Å²) in [5.41, 5.74) is 8.62. The molecule has 0 aliphatic heterocycles. The summed E-state index contributed by atoms with van der Waals surface area (Å²) in [6, 6.07) is 11.3. The van der Waals surface area contributed by atoms with Crippen LogP contribution in [0.3, 0.4) is 0 Å². The van der Waals surface area contributed by atoms with E-state index in [2.05, 4.69) is 37.9 Å². The SMILES string of the molecule is CC(C)(C)c1ccc(COC(=O)c2ccc(N)cn2)cc1. The van der Waals surface area contributed by atoms with Crippen LogP contribution in [0.1, 0.15) is 42.4 Å². The van der Waals surface area contributed by atoms with Crippen molar-refractivity contribution in [3.8, 4) is 0 Å². The highest BCUT2D eigenvalue weighted by Crippen LogP contribution is 2.22. The van der Waals surface area contributed by atoms with Crippen LogP contribution < -0.4 is 5.73 Å². The van der Waals surface area contributed by atoms with Gasteiger partial charge in [-0.05, 0) is 28.7 Å². The summed E-state index contributed by atoms with van der Waals surface area (Å²) < 4.78 is 5.24. The van der Waals surface area contributed by atoms with E-state index >= 15 is 0 Å². The van der Waals surface area contributed by atoms with Crippen LogP contribution >= 0.6 is 0 Å². The van der Waals surface area contributed by atoms with Crippen molar-refractivity contribution in [2.24, 2.45) is 0 Å². The standard InChI is InChI=1S/C17H20N2O2/c1-17(2,3)13-6-4-12(5-7-13)11-21-16(20)15-9-8-14(18)10-19-15/h4-10H,11,18H2,1-3H3. The zero-order chi connectivity index (χ0) is 15.5. The van der Waals surface area contributed by atoms with Crippen molar-refractivity contribution < 1.29 is 9.53 Å². The van der Waals surface area contributed by atoms with Crippen LogP contribution in [0.2, 0.25) is 0 Å². The van der Waals surface area contributed by atoms with Gasteiger partial charge in [-0.2, -0.15) is 0 Å². The van der Waals surface area contributed by atoms with E-state index in [1.165, 1.54) is 11.8 Å². The molecule has 0 atom stereocenters. The van der Waals surface area contributed by atoms with E-state index in [0.717, 1.165) is 5.56 Å². The van der Waals surface area contributed by atoms with Gasteiger partial charge in [0.15, 0.2) is 0 Å². The van der Waals surface area contributed by atoms with Crippen LogP contribution in [0.25, 0.3) is 0 Å². The first-order valence-corrected chi connectivity index (χ1v) is 6.84. The molecule has 1 aromatic heterocycles. The minimum Gasteiger partial charge on any atom is -0.456 e. The molecular weight excluding hydrogens is 264 g/mol. The molecule has 1 heterocycles. The molecule has 0 aliphatic carbocycles. The van der Waals surface area contributed by atoms with Gasteiger partial charge in [0.1, 0.15) is 12.3 Å². The number of pyridine rings is 1. The van der Waals surface area contributed by atoms with Gasteiger partial charge in [-0.15, -0.1) is 0 Å². The Labute approximate surface area is 125 Å². The van der Waals surface area contributed by atoms with Gasteiger partial charge in [0.25, 0.3) is 0 Å². The third kappa shape index (κ3) is 4.05. The lowest BCUT2D eigenvalue weighted by molar-refractivity contribution is 0.0466. The molecule has 2 N–H and O–H groups in total. The lowest BCUT2D eigenvalue weighted by Crippen LogP contribution is -2.11. The largest absolute Gasteiger partial charge is 0.456 e. The number of aromatic nitrogens is 1. The molecule has 0 unspecified atom stereocenters. The van der Waals surface area contributed by atoms with Gasteiger partial charge < -0.3 is 10.5 Å². The smallest absolute Gasteiger partial charge is 0.357 e. The third-order valence-electron chi connectivity index (χ3n) is 3.19. The molecule has 0 saturated carbocycles. The molecule has 0 radical (unpaired) electrons. The van der Waals surface area contributed by atoms with Crippen LogP contribution in [0.15, 0.2) is 42.6 Å². The maximum Gasteiger partial charge on any atom is 0.357 e. The average molecular weight is 284 g/mol. The van der Waals surface area contributed by atoms with Gasteiger partial charge in [0.05, 0.1) is 11.9 Å². The van der Waals surface area contributed by atoms with E-state index in [0.29, 0.717) is 5.69 Å². The second-order valence-corrected chi connectivity index (χ2v) is 6.00. The molecule has 4 nitrogen and oxygen atoms in total. The van der Waals surface area contributed by atoms with Crippen molar-refractivity contribution >= 4 is 11.7 Å². The van der Waals surface area contributed by atoms with Crippen molar-refractivity contribution in [1.29, 1.82) is 0 Å². The number of carbonyl (C=O) groups is 1. The topological polar surface area (TPSA) is 65.2 Å². The highest BCUT2D eigenvalue weighted by molar-refractivity contribution is 5.87. The minimum atomic E-state index is -0.449. The molecule has 0 fully saturated rings. The second kappa shape index (κ2) is 5.95. The number of nitrogens with two attached hydrogens (primary N) is 1. The molecule has 1 aromatic carbocycles. The molecule has 21 heavy (non-hydrogen) atoms. The van der Waals surface area contributed by atoms with E-state index in [1.54, 1.807) is 12.1 Å². The zero-order valence-electron chi connectivity index (χ0n) is 12.6. The predicted octanol–water partition coefficient (Wildman–Crippen LogP) is 3.32. The summed E-state index contributed by atoms with van der Waals surface area (Å²) >= 11 is 0. The Morgan fingerprint density at radius 1 is 1.14 bits per heavy atom. The fourth-order valence-corrected chi connectivity index (χ4v) is 1.85. The Balaban J connectivity index is 1.97. The van der Waals surface area contributed by atoms with E-state index < -0.39 is 5.97 Å². The van der Waals surface area contributed by atoms with E-state index in [4.69, 9.17) is 10.5 Å². The first kappa shape index (κ1) is 15.0. The lowest BCUT2D eigenvalue weighted by atomic mass is 9.87. The Morgan fingerprint density at radius 3 is 2.33 bits per heavy atom. The molecule has 0 bridgehead atoms. The summed E-state index contributed by atoms with van der Waals surface area (Å²) in [5.74, 6) is -0.449. The molecule has 4 heteroatoms. The van der Waals surface area contributed by atoms with Gasteiger partial charge in [-0.1, -0.05) is 45.0 Å². The summed E-state index contributed by atoms with van der Waals surface area (Å²) in [6.07, 6.45) is 1.44. The van der Waals surface area contributed by atoms with Crippen molar-refractivity contribution in [3.63, 3.8) is 0 Å². The van der Waals surface area contributed by atoms with Crippen LogP contribution in [0.4, 0.5) is 5.69 Å². The van der Waals surface area contributed by atoms with Gasteiger partial charge in [0, 0.05) is 0 Å². The quantitative estimate of drug-likeness (QED) is 0.878. The van der Waals surface area contributed by atoms with Gasteiger partial charge in [-0.25, -0.2) is 9.78 Å². The number of esters is 1. The Bertz CT molecular complexity index is 611. The van der Waals surface area contributed by atoms with Crippen LogP contribution in [-0.2, 0) is 16.8 Å². The Hall–Kier alpha value is -2.36. The first-order chi connectivity index (χ1) is 9.86. The van der Waals surface area contributed by atoms with Crippen LogP contribution in [0, 0.1) is 0 Å². The molecular formula is C17H20N2O2. The lowest BCUT2D eigenvalue weighted by Gasteiger charge is -2.19. The number of rotatable bonds is 3. The number of ether oxygens (including phenoxy) is 1. The number of hydrogen-bond acceptors (Lipinski definition) is 4. The molecule has 0 aliphatic rings. The molecule has 2 aromatic rings. The number of carbonyl (C=O) groups excluding carboxylic acids is 1. The van der Waals surface area contributed by atoms with Crippen molar-refractivity contribution in [2.45, 2.75) is 32.8 Å². The maximum atomic E-state index is 11.8. The highest BCUT2D eigenvalue weighted by atomic mass is 16.5. The maximum absolute atomic E-state index is 11.8. The first-order valence-electron chi connectivity index (χ1n) is 6.84. The van der Waals surface area contributed by atoms with Crippen LogP contribution in [0.5, 0.6) is 0 Å². The van der Waals surface area contributed by atoms with Gasteiger partial charge in [0.2, 0.25) is 0 Å². The molecule has 2 rings (SSSR count). The monoisotopic (exact) mass is 284 g/mol.